The van der Waals surface area contributed by atoms with Gasteiger partial charge < -0.3 is 10.2 Å². The zero-order valence-electron chi connectivity index (χ0n) is 21.2. The molecule has 2 amide bonds. The average Bonchev–Trinajstić information content (AvgIpc) is 2.85. The first-order valence-corrected chi connectivity index (χ1v) is 13.8. The fourth-order valence-electron chi connectivity index (χ4n) is 4.05. The van der Waals surface area contributed by atoms with Crippen molar-refractivity contribution in [1.82, 2.24) is 10.2 Å². The predicted molar refractivity (Wildman–Crippen MR) is 143 cm³/mol. The molecule has 0 heterocycles. The molecule has 1 unspecified atom stereocenters. The van der Waals surface area contributed by atoms with Gasteiger partial charge in [0.25, 0.3) is 0 Å². The predicted octanol–water partition coefficient (Wildman–Crippen LogP) is 3.68. The standard InChI is InChI=1S/C28H32FN3O4S/c1-4-30-28(34)26(18-22-12-6-5-7-13-22)31(19-23-14-8-9-16-25(23)29)27(33)20-32(37(3,35)36)24-15-10-11-21(2)17-24/h5-17,26H,4,18-20H2,1-3H3,(H,30,34). The van der Waals surface area contributed by atoms with E-state index in [-0.39, 0.29) is 18.5 Å². The molecule has 0 aromatic heterocycles. The van der Waals surface area contributed by atoms with Gasteiger partial charge in [-0.25, -0.2) is 12.8 Å². The van der Waals surface area contributed by atoms with Crippen LogP contribution in [0.3, 0.4) is 0 Å². The van der Waals surface area contributed by atoms with Crippen molar-refractivity contribution in [2.75, 3.05) is 23.7 Å². The summed E-state index contributed by atoms with van der Waals surface area (Å²) in [7, 11) is -3.85. The van der Waals surface area contributed by atoms with Crippen LogP contribution >= 0.6 is 0 Å². The van der Waals surface area contributed by atoms with Crippen LogP contribution < -0.4 is 9.62 Å². The molecule has 3 aromatic rings. The largest absolute Gasteiger partial charge is 0.355 e. The number of amides is 2. The number of nitrogens with one attached hydrogen (secondary N) is 1. The molecule has 3 aromatic carbocycles. The lowest BCUT2D eigenvalue weighted by Crippen LogP contribution is -2.53. The van der Waals surface area contributed by atoms with E-state index in [9.17, 15) is 22.4 Å². The number of hydrogen-bond donors (Lipinski definition) is 1. The molecule has 0 bridgehead atoms. The number of anilines is 1. The van der Waals surface area contributed by atoms with E-state index in [2.05, 4.69) is 5.32 Å². The Bertz CT molecular complexity index is 1330. The van der Waals surface area contributed by atoms with Crippen molar-refractivity contribution in [3.8, 4) is 0 Å². The Morgan fingerprint density at radius 3 is 2.27 bits per heavy atom. The first-order valence-electron chi connectivity index (χ1n) is 12.0. The second-order valence-corrected chi connectivity index (χ2v) is 10.7. The maximum absolute atomic E-state index is 14.7. The molecule has 0 aliphatic heterocycles. The lowest BCUT2D eigenvalue weighted by molar-refractivity contribution is -0.140. The number of carbonyl (C=O) groups is 2. The molecular weight excluding hydrogens is 493 g/mol. The molecule has 1 atom stereocenters. The van der Waals surface area contributed by atoms with Crippen LogP contribution in [0.25, 0.3) is 0 Å². The zero-order valence-corrected chi connectivity index (χ0v) is 22.0. The van der Waals surface area contributed by atoms with Gasteiger partial charge in [-0.3, -0.25) is 13.9 Å². The number of halogens is 1. The van der Waals surface area contributed by atoms with Crippen LogP contribution in [0.1, 0.15) is 23.6 Å². The van der Waals surface area contributed by atoms with Crippen molar-refractivity contribution >= 4 is 27.5 Å². The number of carbonyl (C=O) groups excluding carboxylic acids is 2. The Morgan fingerprint density at radius 1 is 0.973 bits per heavy atom. The molecule has 0 saturated heterocycles. The van der Waals surface area contributed by atoms with Crippen molar-refractivity contribution < 1.29 is 22.4 Å². The van der Waals surface area contributed by atoms with Crippen LogP contribution in [0.4, 0.5) is 10.1 Å². The van der Waals surface area contributed by atoms with Gasteiger partial charge in [0.15, 0.2) is 0 Å². The van der Waals surface area contributed by atoms with E-state index >= 15 is 0 Å². The van der Waals surface area contributed by atoms with Gasteiger partial charge in [-0.2, -0.15) is 0 Å². The summed E-state index contributed by atoms with van der Waals surface area (Å²) in [6.07, 6.45) is 1.20. The SMILES string of the molecule is CCNC(=O)C(Cc1ccccc1)N(Cc1ccccc1F)C(=O)CN(c1cccc(C)c1)S(C)(=O)=O. The Kier molecular flexibility index (Phi) is 9.41. The van der Waals surface area contributed by atoms with Crippen LogP contribution in [0, 0.1) is 12.7 Å². The third-order valence-corrected chi connectivity index (χ3v) is 7.03. The van der Waals surface area contributed by atoms with Crippen molar-refractivity contribution in [2.45, 2.75) is 32.9 Å². The summed E-state index contributed by atoms with van der Waals surface area (Å²) in [6.45, 7) is 3.18. The van der Waals surface area contributed by atoms with Crippen molar-refractivity contribution in [1.29, 1.82) is 0 Å². The van der Waals surface area contributed by atoms with Gasteiger partial charge in [0.1, 0.15) is 18.4 Å². The normalized spacial score (nSPS) is 12.0. The molecule has 196 valence electrons. The van der Waals surface area contributed by atoms with Crippen LogP contribution in [0.2, 0.25) is 0 Å². The van der Waals surface area contributed by atoms with Crippen LogP contribution in [-0.4, -0.2) is 50.5 Å². The van der Waals surface area contributed by atoms with Gasteiger partial charge >= 0.3 is 0 Å². The van der Waals surface area contributed by atoms with Gasteiger partial charge in [0, 0.05) is 25.1 Å². The van der Waals surface area contributed by atoms with E-state index in [1.54, 1.807) is 43.3 Å². The first kappa shape index (κ1) is 27.9. The molecule has 0 aliphatic rings. The lowest BCUT2D eigenvalue weighted by atomic mass is 10.0. The Labute approximate surface area is 218 Å². The summed E-state index contributed by atoms with van der Waals surface area (Å²) in [5.74, 6) is -1.55. The molecule has 0 fully saturated rings. The molecule has 0 saturated carbocycles. The van der Waals surface area contributed by atoms with Gasteiger partial charge in [0.05, 0.1) is 11.9 Å². The van der Waals surface area contributed by atoms with E-state index in [1.807, 2.05) is 43.3 Å². The fraction of sp³-hybridized carbons (Fsp3) is 0.286. The van der Waals surface area contributed by atoms with Crippen molar-refractivity contribution in [3.63, 3.8) is 0 Å². The minimum atomic E-state index is -3.85. The highest BCUT2D eigenvalue weighted by atomic mass is 32.2. The molecule has 3 rings (SSSR count). The summed E-state index contributed by atoms with van der Waals surface area (Å²) in [5.41, 5.74) is 2.19. The van der Waals surface area contributed by atoms with Crippen LogP contribution in [-0.2, 0) is 32.6 Å². The topological polar surface area (TPSA) is 86.8 Å². The highest BCUT2D eigenvalue weighted by molar-refractivity contribution is 7.92. The second kappa shape index (κ2) is 12.5. The highest BCUT2D eigenvalue weighted by Crippen LogP contribution is 2.22. The highest BCUT2D eigenvalue weighted by Gasteiger charge is 2.33. The van der Waals surface area contributed by atoms with E-state index in [4.69, 9.17) is 0 Å². The number of hydrogen-bond acceptors (Lipinski definition) is 4. The summed E-state index contributed by atoms with van der Waals surface area (Å²) in [5, 5.41) is 2.77. The van der Waals surface area contributed by atoms with Gasteiger partial charge in [0.2, 0.25) is 21.8 Å². The monoisotopic (exact) mass is 525 g/mol. The Hall–Kier alpha value is -3.72. The van der Waals surface area contributed by atoms with Crippen molar-refractivity contribution in [3.05, 3.63) is 101 Å². The van der Waals surface area contributed by atoms with Crippen LogP contribution in [0.5, 0.6) is 0 Å². The third-order valence-electron chi connectivity index (χ3n) is 5.89. The van der Waals surface area contributed by atoms with E-state index in [0.29, 0.717) is 12.2 Å². The van der Waals surface area contributed by atoms with E-state index < -0.39 is 40.2 Å². The zero-order chi connectivity index (χ0) is 27.0. The number of benzene rings is 3. The third kappa shape index (κ3) is 7.63. The molecule has 0 aliphatic carbocycles. The summed E-state index contributed by atoms with van der Waals surface area (Å²) < 4.78 is 41.1. The molecule has 37 heavy (non-hydrogen) atoms. The summed E-state index contributed by atoms with van der Waals surface area (Å²) in [6, 6.07) is 21.0. The summed E-state index contributed by atoms with van der Waals surface area (Å²) in [4.78, 5) is 28.3. The lowest BCUT2D eigenvalue weighted by Gasteiger charge is -2.33. The van der Waals surface area contributed by atoms with E-state index in [0.717, 1.165) is 21.7 Å². The quantitative estimate of drug-likeness (QED) is 0.414. The molecule has 1 N–H and O–H groups in total. The van der Waals surface area contributed by atoms with Crippen molar-refractivity contribution in [2.24, 2.45) is 0 Å². The van der Waals surface area contributed by atoms with Crippen LogP contribution in [0.15, 0.2) is 78.9 Å². The first-order chi connectivity index (χ1) is 17.6. The van der Waals surface area contributed by atoms with Gasteiger partial charge in [-0.05, 0) is 43.2 Å². The number of aryl methyl sites for hydroxylation is 1. The Morgan fingerprint density at radius 2 is 1.65 bits per heavy atom. The molecule has 9 heteroatoms. The fourth-order valence-corrected chi connectivity index (χ4v) is 4.89. The molecular formula is C28H32FN3O4S. The smallest absolute Gasteiger partial charge is 0.244 e. The minimum Gasteiger partial charge on any atom is -0.355 e. The van der Waals surface area contributed by atoms with E-state index in [1.165, 1.54) is 11.0 Å². The molecule has 7 nitrogen and oxygen atoms in total. The summed E-state index contributed by atoms with van der Waals surface area (Å²) >= 11 is 0. The maximum atomic E-state index is 14.7. The molecule has 0 radical (unpaired) electrons. The van der Waals surface area contributed by atoms with Gasteiger partial charge in [-0.15, -0.1) is 0 Å². The number of likely N-dealkylation sites (N-methyl/N-ethyl adjacent to an activating group) is 1. The van der Waals surface area contributed by atoms with Gasteiger partial charge in [-0.1, -0.05) is 60.7 Å². The maximum Gasteiger partial charge on any atom is 0.244 e. The second-order valence-electron chi connectivity index (χ2n) is 8.82. The Balaban J connectivity index is 2.05. The number of nitrogens with zero attached hydrogens (tertiary/aromatic N) is 2. The number of rotatable bonds is 11. The minimum absolute atomic E-state index is 0.177. The molecule has 0 spiro atoms. The number of sulfonamides is 1. The average molecular weight is 526 g/mol.